The number of nitriles is 1. The number of phenols is 1. The first-order valence-electron chi connectivity index (χ1n) is 9.75. The largest absolute Gasteiger partial charge is 0.507 e. The third-order valence-corrected chi connectivity index (χ3v) is 5.78. The van der Waals surface area contributed by atoms with Crippen molar-refractivity contribution < 1.29 is 9.52 Å². The van der Waals surface area contributed by atoms with E-state index in [9.17, 15) is 10.4 Å². The van der Waals surface area contributed by atoms with Gasteiger partial charge in [-0.25, -0.2) is 4.68 Å². The number of aromatic nitrogens is 3. The standard InChI is InChI=1S/C24H16BrN5O2/c25-21-9-16(5-8-22(21)31)13-30(29-14-27-28-15-29)19-7-6-18(12-26)20(11-19)24-10-17-3-1-2-4-23(17)32-24/h1-11,14-15,31H,13H2. The number of hydrogen-bond acceptors (Lipinski definition) is 6. The maximum absolute atomic E-state index is 9.83. The lowest BCUT2D eigenvalue weighted by atomic mass is 10.0. The number of nitrogens with zero attached hydrogens (tertiary/aromatic N) is 5. The van der Waals surface area contributed by atoms with Gasteiger partial charge in [0, 0.05) is 10.9 Å². The first kappa shape index (κ1) is 19.8. The molecule has 0 aliphatic carbocycles. The highest BCUT2D eigenvalue weighted by molar-refractivity contribution is 9.10. The monoisotopic (exact) mass is 485 g/mol. The van der Waals surface area contributed by atoms with E-state index in [2.05, 4.69) is 32.2 Å². The predicted molar refractivity (Wildman–Crippen MR) is 124 cm³/mol. The van der Waals surface area contributed by atoms with Crippen LogP contribution in [0.2, 0.25) is 0 Å². The average Bonchev–Trinajstić information content (AvgIpc) is 3.49. The first-order valence-corrected chi connectivity index (χ1v) is 10.5. The normalized spacial score (nSPS) is 10.9. The molecule has 0 atom stereocenters. The quantitative estimate of drug-likeness (QED) is 0.353. The molecule has 2 heterocycles. The van der Waals surface area contributed by atoms with Crippen molar-refractivity contribution >= 4 is 32.6 Å². The van der Waals surface area contributed by atoms with Crippen LogP contribution in [-0.4, -0.2) is 20.0 Å². The van der Waals surface area contributed by atoms with Crippen molar-refractivity contribution in [3.63, 3.8) is 0 Å². The number of rotatable bonds is 5. The molecule has 0 spiro atoms. The molecule has 0 fully saturated rings. The molecule has 0 radical (unpaired) electrons. The number of hydrogen-bond donors (Lipinski definition) is 1. The van der Waals surface area contributed by atoms with Crippen molar-refractivity contribution in [1.82, 2.24) is 14.9 Å². The molecule has 0 aliphatic heterocycles. The molecule has 8 heteroatoms. The summed E-state index contributed by atoms with van der Waals surface area (Å²) >= 11 is 3.37. The van der Waals surface area contributed by atoms with Gasteiger partial charge in [-0.2, -0.15) is 5.26 Å². The molecule has 2 aromatic heterocycles. The van der Waals surface area contributed by atoms with Gasteiger partial charge >= 0.3 is 0 Å². The van der Waals surface area contributed by atoms with E-state index in [4.69, 9.17) is 4.42 Å². The third kappa shape index (κ3) is 3.70. The Hall–Kier alpha value is -4.09. The number of anilines is 1. The molecule has 0 amide bonds. The third-order valence-electron chi connectivity index (χ3n) is 5.14. The second-order valence-electron chi connectivity index (χ2n) is 7.18. The highest BCUT2D eigenvalue weighted by Crippen LogP contribution is 2.34. The summed E-state index contributed by atoms with van der Waals surface area (Å²) in [6.07, 6.45) is 3.21. The Labute approximate surface area is 191 Å². The van der Waals surface area contributed by atoms with E-state index >= 15 is 0 Å². The van der Waals surface area contributed by atoms with Crippen LogP contribution < -0.4 is 5.01 Å². The maximum atomic E-state index is 9.83. The zero-order valence-corrected chi connectivity index (χ0v) is 18.3. The van der Waals surface area contributed by atoms with Crippen molar-refractivity contribution in [1.29, 1.82) is 5.26 Å². The summed E-state index contributed by atoms with van der Waals surface area (Å²) in [6, 6.07) is 22.9. The molecule has 3 aromatic carbocycles. The van der Waals surface area contributed by atoms with Crippen LogP contribution in [0.15, 0.2) is 88.3 Å². The first-order chi connectivity index (χ1) is 15.6. The molecular formula is C24H16BrN5O2. The molecule has 0 saturated carbocycles. The van der Waals surface area contributed by atoms with Crippen LogP contribution in [0.3, 0.4) is 0 Å². The fourth-order valence-electron chi connectivity index (χ4n) is 3.56. The summed E-state index contributed by atoms with van der Waals surface area (Å²) in [6.45, 7) is 0.475. The fraction of sp³-hybridized carbons (Fsp3) is 0.0417. The van der Waals surface area contributed by atoms with E-state index in [1.807, 2.05) is 59.6 Å². The Balaban J connectivity index is 1.61. The number of fused-ring (bicyclic) bond motifs is 1. The van der Waals surface area contributed by atoms with Gasteiger partial charge in [-0.3, -0.25) is 5.01 Å². The van der Waals surface area contributed by atoms with Crippen molar-refractivity contribution in [3.8, 4) is 23.1 Å². The Morgan fingerprint density at radius 3 is 2.59 bits per heavy atom. The van der Waals surface area contributed by atoms with E-state index in [-0.39, 0.29) is 5.75 Å². The van der Waals surface area contributed by atoms with Crippen molar-refractivity contribution in [2.45, 2.75) is 6.54 Å². The summed E-state index contributed by atoms with van der Waals surface area (Å²) in [5, 5.41) is 30.3. The number of phenolic OH excluding ortho intramolecular Hbond substituents is 1. The van der Waals surface area contributed by atoms with Gasteiger partial charge in [-0.15, -0.1) is 10.2 Å². The van der Waals surface area contributed by atoms with Crippen LogP contribution in [0.5, 0.6) is 5.75 Å². The summed E-state index contributed by atoms with van der Waals surface area (Å²) in [5.74, 6) is 0.802. The zero-order valence-electron chi connectivity index (χ0n) is 16.7. The number of benzene rings is 3. The Bertz CT molecular complexity index is 1420. The topological polar surface area (TPSA) is 91.1 Å². The van der Waals surface area contributed by atoms with Gasteiger partial charge in [-0.1, -0.05) is 24.3 Å². The maximum Gasteiger partial charge on any atom is 0.139 e. The minimum absolute atomic E-state index is 0.176. The molecule has 0 bridgehead atoms. The molecule has 0 saturated heterocycles. The molecule has 7 nitrogen and oxygen atoms in total. The van der Waals surface area contributed by atoms with Crippen molar-refractivity contribution in [3.05, 3.63) is 95.0 Å². The number of aromatic hydroxyl groups is 1. The van der Waals surface area contributed by atoms with Crippen LogP contribution in [0, 0.1) is 11.3 Å². The summed E-state index contributed by atoms with van der Waals surface area (Å²) in [7, 11) is 0. The summed E-state index contributed by atoms with van der Waals surface area (Å²) in [5.41, 5.74) is 3.76. The molecule has 32 heavy (non-hydrogen) atoms. The molecule has 5 aromatic rings. The Morgan fingerprint density at radius 2 is 1.84 bits per heavy atom. The second kappa shape index (κ2) is 8.21. The lowest BCUT2D eigenvalue weighted by Gasteiger charge is -2.25. The summed E-state index contributed by atoms with van der Waals surface area (Å²) < 4.78 is 8.42. The van der Waals surface area contributed by atoms with Gasteiger partial charge in [0.15, 0.2) is 0 Å². The summed E-state index contributed by atoms with van der Waals surface area (Å²) in [4.78, 5) is 0. The second-order valence-corrected chi connectivity index (χ2v) is 8.03. The SMILES string of the molecule is N#Cc1ccc(N(Cc2ccc(O)c(Br)c2)n2cnnc2)cc1-c1cc2ccccc2o1. The van der Waals surface area contributed by atoms with Gasteiger partial charge < -0.3 is 9.52 Å². The molecule has 5 rings (SSSR count). The highest BCUT2D eigenvalue weighted by atomic mass is 79.9. The number of furan rings is 1. The molecule has 1 N–H and O–H groups in total. The van der Waals surface area contributed by atoms with Crippen LogP contribution in [0.25, 0.3) is 22.3 Å². The molecule has 0 aliphatic rings. The van der Waals surface area contributed by atoms with Gasteiger partial charge in [-0.05, 0) is 64.0 Å². The number of halogens is 1. The van der Waals surface area contributed by atoms with Crippen LogP contribution in [-0.2, 0) is 6.54 Å². The van der Waals surface area contributed by atoms with Gasteiger partial charge in [0.1, 0.15) is 29.7 Å². The minimum atomic E-state index is 0.176. The van der Waals surface area contributed by atoms with E-state index < -0.39 is 0 Å². The minimum Gasteiger partial charge on any atom is -0.507 e. The smallest absolute Gasteiger partial charge is 0.139 e. The van der Waals surface area contributed by atoms with Crippen LogP contribution in [0.1, 0.15) is 11.1 Å². The predicted octanol–water partition coefficient (Wildman–Crippen LogP) is 5.50. The van der Waals surface area contributed by atoms with Crippen molar-refractivity contribution in [2.75, 3.05) is 5.01 Å². The molecule has 156 valence electrons. The van der Waals surface area contributed by atoms with Crippen LogP contribution >= 0.6 is 15.9 Å². The fourth-order valence-corrected chi connectivity index (χ4v) is 3.98. The van der Waals surface area contributed by atoms with E-state index in [1.165, 1.54) is 0 Å². The highest BCUT2D eigenvalue weighted by Gasteiger charge is 2.16. The zero-order chi connectivity index (χ0) is 22.1. The number of para-hydroxylation sites is 1. The average molecular weight is 486 g/mol. The molecule has 0 unspecified atom stereocenters. The van der Waals surface area contributed by atoms with E-state index in [0.29, 0.717) is 27.9 Å². The lowest BCUT2D eigenvalue weighted by molar-refractivity contribution is 0.471. The van der Waals surface area contributed by atoms with Crippen LogP contribution in [0.4, 0.5) is 5.69 Å². The van der Waals surface area contributed by atoms with E-state index in [1.54, 1.807) is 29.5 Å². The van der Waals surface area contributed by atoms with E-state index in [0.717, 1.165) is 22.2 Å². The van der Waals surface area contributed by atoms with Crippen molar-refractivity contribution in [2.24, 2.45) is 0 Å². The van der Waals surface area contributed by atoms with Gasteiger partial charge in [0.25, 0.3) is 0 Å². The molecular weight excluding hydrogens is 470 g/mol. The Kier molecular flexibility index (Phi) is 5.09. The van der Waals surface area contributed by atoms with Gasteiger partial charge in [0.05, 0.1) is 28.3 Å². The van der Waals surface area contributed by atoms with Gasteiger partial charge in [0.2, 0.25) is 0 Å². The lowest BCUT2D eigenvalue weighted by Crippen LogP contribution is -2.28. The Morgan fingerprint density at radius 1 is 1.03 bits per heavy atom.